The molecular formula is C12H14N2O4. The fourth-order valence-electron chi connectivity index (χ4n) is 1.43. The van der Waals surface area contributed by atoms with Gasteiger partial charge in [-0.2, -0.15) is 0 Å². The van der Waals surface area contributed by atoms with Gasteiger partial charge in [0, 0.05) is 5.56 Å². The summed E-state index contributed by atoms with van der Waals surface area (Å²) in [5.74, 6) is -2.48. The van der Waals surface area contributed by atoms with Crippen molar-refractivity contribution >= 4 is 17.8 Å². The van der Waals surface area contributed by atoms with E-state index in [0.29, 0.717) is 5.56 Å². The zero-order chi connectivity index (χ0) is 13.7. The van der Waals surface area contributed by atoms with E-state index in [1.807, 2.05) is 6.92 Å². The van der Waals surface area contributed by atoms with Crippen LogP contribution in [-0.2, 0) is 9.59 Å². The fraction of sp³-hybridized carbons (Fsp3) is 0.250. The van der Waals surface area contributed by atoms with Gasteiger partial charge in [-0.1, -0.05) is 17.7 Å². The summed E-state index contributed by atoms with van der Waals surface area (Å²) in [7, 11) is 0. The summed E-state index contributed by atoms with van der Waals surface area (Å²) < 4.78 is 0. The summed E-state index contributed by atoms with van der Waals surface area (Å²) >= 11 is 0. The van der Waals surface area contributed by atoms with Gasteiger partial charge < -0.3 is 15.7 Å². The largest absolute Gasteiger partial charge is 0.480 e. The Balaban J connectivity index is 2.90. The molecule has 1 aromatic carbocycles. The molecule has 0 aromatic heterocycles. The molecule has 0 aliphatic carbocycles. The number of aryl methyl sites for hydroxylation is 1. The van der Waals surface area contributed by atoms with Gasteiger partial charge in [-0.15, -0.1) is 0 Å². The number of primary amides is 1. The molecule has 0 saturated heterocycles. The second-order valence-corrected chi connectivity index (χ2v) is 3.89. The van der Waals surface area contributed by atoms with Gasteiger partial charge in [0.1, 0.15) is 13.1 Å². The predicted octanol–water partition coefficient (Wildman–Crippen LogP) is 0.00712. The van der Waals surface area contributed by atoms with Crippen LogP contribution in [0.3, 0.4) is 0 Å². The average molecular weight is 250 g/mol. The van der Waals surface area contributed by atoms with Crippen LogP contribution in [0.2, 0.25) is 0 Å². The standard InChI is InChI=1S/C12H14N2O4/c1-8-2-4-9(5-3-8)12(18)14(6-10(13)15)7-11(16)17/h2-5H,6-7H2,1H3,(H2,13,15)(H,16,17). The molecule has 18 heavy (non-hydrogen) atoms. The molecule has 0 heterocycles. The van der Waals surface area contributed by atoms with Crippen LogP contribution >= 0.6 is 0 Å². The highest BCUT2D eigenvalue weighted by Gasteiger charge is 2.19. The highest BCUT2D eigenvalue weighted by molar-refractivity contribution is 5.97. The summed E-state index contributed by atoms with van der Waals surface area (Å²) in [6, 6.07) is 6.62. The third-order valence-electron chi connectivity index (χ3n) is 2.26. The Bertz CT molecular complexity index is 451. The molecule has 0 atom stereocenters. The van der Waals surface area contributed by atoms with Crippen LogP contribution in [0.1, 0.15) is 15.9 Å². The number of aliphatic carboxylic acids is 1. The van der Waals surface area contributed by atoms with Gasteiger partial charge in [0.15, 0.2) is 0 Å². The van der Waals surface area contributed by atoms with E-state index in [1.54, 1.807) is 24.3 Å². The number of rotatable bonds is 5. The number of nitrogens with two attached hydrogens (primary N) is 1. The van der Waals surface area contributed by atoms with Crippen molar-refractivity contribution in [3.8, 4) is 0 Å². The Hall–Kier alpha value is -2.37. The first kappa shape index (κ1) is 13.7. The van der Waals surface area contributed by atoms with Crippen molar-refractivity contribution in [3.05, 3.63) is 35.4 Å². The van der Waals surface area contributed by atoms with Gasteiger partial charge in [0.05, 0.1) is 0 Å². The SMILES string of the molecule is Cc1ccc(C(=O)N(CC(N)=O)CC(=O)O)cc1. The summed E-state index contributed by atoms with van der Waals surface area (Å²) in [6.45, 7) is 0.890. The van der Waals surface area contributed by atoms with Crippen molar-refractivity contribution in [1.82, 2.24) is 4.90 Å². The summed E-state index contributed by atoms with van der Waals surface area (Å²) in [6.07, 6.45) is 0. The molecule has 0 saturated carbocycles. The van der Waals surface area contributed by atoms with Crippen molar-refractivity contribution < 1.29 is 19.5 Å². The van der Waals surface area contributed by atoms with Gasteiger partial charge in [0.2, 0.25) is 5.91 Å². The maximum absolute atomic E-state index is 12.0. The number of nitrogens with zero attached hydrogens (tertiary/aromatic N) is 1. The van der Waals surface area contributed by atoms with E-state index < -0.39 is 30.9 Å². The number of carbonyl (C=O) groups excluding carboxylic acids is 2. The summed E-state index contributed by atoms with van der Waals surface area (Å²) in [5, 5.41) is 8.69. The van der Waals surface area contributed by atoms with E-state index in [1.165, 1.54) is 0 Å². The van der Waals surface area contributed by atoms with E-state index in [9.17, 15) is 14.4 Å². The number of hydrogen-bond acceptors (Lipinski definition) is 3. The molecule has 1 aromatic rings. The lowest BCUT2D eigenvalue weighted by molar-refractivity contribution is -0.138. The van der Waals surface area contributed by atoms with E-state index in [4.69, 9.17) is 10.8 Å². The van der Waals surface area contributed by atoms with Crippen molar-refractivity contribution in [2.75, 3.05) is 13.1 Å². The molecule has 3 N–H and O–H groups in total. The normalized spacial score (nSPS) is 9.83. The first-order valence-corrected chi connectivity index (χ1v) is 5.26. The minimum absolute atomic E-state index is 0.322. The van der Waals surface area contributed by atoms with Crippen molar-refractivity contribution in [2.24, 2.45) is 5.73 Å². The Morgan fingerprint density at radius 2 is 1.72 bits per heavy atom. The topological polar surface area (TPSA) is 101 Å². The smallest absolute Gasteiger partial charge is 0.323 e. The van der Waals surface area contributed by atoms with Crippen LogP contribution in [0, 0.1) is 6.92 Å². The second kappa shape index (κ2) is 5.81. The van der Waals surface area contributed by atoms with Crippen molar-refractivity contribution in [1.29, 1.82) is 0 Å². The molecule has 2 amide bonds. The van der Waals surface area contributed by atoms with E-state index >= 15 is 0 Å². The lowest BCUT2D eigenvalue weighted by Crippen LogP contribution is -2.41. The highest BCUT2D eigenvalue weighted by atomic mass is 16.4. The fourth-order valence-corrected chi connectivity index (χ4v) is 1.43. The van der Waals surface area contributed by atoms with Crippen LogP contribution in [0.25, 0.3) is 0 Å². The molecule has 6 heteroatoms. The molecule has 0 fully saturated rings. The number of carboxylic acid groups (broad SMARTS) is 1. The molecule has 0 bridgehead atoms. The van der Waals surface area contributed by atoms with E-state index in [-0.39, 0.29) is 0 Å². The zero-order valence-corrected chi connectivity index (χ0v) is 9.92. The maximum atomic E-state index is 12.0. The third kappa shape index (κ3) is 3.89. The number of carbonyl (C=O) groups is 3. The van der Waals surface area contributed by atoms with E-state index in [2.05, 4.69) is 0 Å². The van der Waals surface area contributed by atoms with Crippen molar-refractivity contribution in [2.45, 2.75) is 6.92 Å². The number of amides is 2. The quantitative estimate of drug-likeness (QED) is 0.768. The molecule has 0 aliphatic heterocycles. The van der Waals surface area contributed by atoms with Crippen LogP contribution in [0.4, 0.5) is 0 Å². The first-order chi connectivity index (χ1) is 8.40. The zero-order valence-electron chi connectivity index (χ0n) is 9.92. The Labute approximate surface area is 104 Å². The van der Waals surface area contributed by atoms with Gasteiger partial charge in [-0.05, 0) is 19.1 Å². The molecule has 0 aliphatic rings. The molecule has 96 valence electrons. The number of carboxylic acids is 1. The van der Waals surface area contributed by atoms with Crippen LogP contribution < -0.4 is 5.73 Å². The molecule has 1 rings (SSSR count). The van der Waals surface area contributed by atoms with Crippen LogP contribution in [0.5, 0.6) is 0 Å². The Morgan fingerprint density at radius 1 is 1.17 bits per heavy atom. The van der Waals surface area contributed by atoms with Crippen LogP contribution in [-0.4, -0.2) is 40.9 Å². The summed E-state index contributed by atoms with van der Waals surface area (Å²) in [4.78, 5) is 34.3. The van der Waals surface area contributed by atoms with Gasteiger partial charge in [-0.3, -0.25) is 14.4 Å². The highest BCUT2D eigenvalue weighted by Crippen LogP contribution is 2.07. The minimum Gasteiger partial charge on any atom is -0.480 e. The average Bonchev–Trinajstić information content (AvgIpc) is 2.27. The lowest BCUT2D eigenvalue weighted by Gasteiger charge is -2.18. The minimum atomic E-state index is -1.20. The van der Waals surface area contributed by atoms with Gasteiger partial charge >= 0.3 is 5.97 Å². The molecule has 0 unspecified atom stereocenters. The Kier molecular flexibility index (Phi) is 4.42. The third-order valence-corrected chi connectivity index (χ3v) is 2.26. The number of hydrogen-bond donors (Lipinski definition) is 2. The van der Waals surface area contributed by atoms with Gasteiger partial charge in [0.25, 0.3) is 5.91 Å². The second-order valence-electron chi connectivity index (χ2n) is 3.89. The maximum Gasteiger partial charge on any atom is 0.323 e. The summed E-state index contributed by atoms with van der Waals surface area (Å²) in [5.41, 5.74) is 6.28. The van der Waals surface area contributed by atoms with Gasteiger partial charge in [-0.25, -0.2) is 0 Å². The molecule has 6 nitrogen and oxygen atoms in total. The van der Waals surface area contributed by atoms with Crippen LogP contribution in [0.15, 0.2) is 24.3 Å². The molecule has 0 radical (unpaired) electrons. The predicted molar refractivity (Wildman–Crippen MR) is 63.9 cm³/mol. The first-order valence-electron chi connectivity index (χ1n) is 5.26. The monoisotopic (exact) mass is 250 g/mol. The molecule has 0 spiro atoms. The lowest BCUT2D eigenvalue weighted by atomic mass is 10.1. The van der Waals surface area contributed by atoms with Crippen molar-refractivity contribution in [3.63, 3.8) is 0 Å². The number of benzene rings is 1. The van der Waals surface area contributed by atoms with E-state index in [0.717, 1.165) is 10.5 Å². The molecular weight excluding hydrogens is 236 g/mol. The Morgan fingerprint density at radius 3 is 2.17 bits per heavy atom.